The minimum atomic E-state index is -1.13. The highest BCUT2D eigenvalue weighted by Gasteiger charge is 2.23. The lowest BCUT2D eigenvalue weighted by Gasteiger charge is -2.21. The van der Waals surface area contributed by atoms with Gasteiger partial charge in [-0.2, -0.15) is 0 Å². The third-order valence-corrected chi connectivity index (χ3v) is 4.68. The highest BCUT2D eigenvalue weighted by Crippen LogP contribution is 2.30. The van der Waals surface area contributed by atoms with E-state index in [1.54, 1.807) is 0 Å². The van der Waals surface area contributed by atoms with Crippen molar-refractivity contribution in [1.29, 1.82) is 0 Å². The summed E-state index contributed by atoms with van der Waals surface area (Å²) in [5.74, 6) is -2.67. The number of carboxylic acid groups (broad SMARTS) is 1. The molecule has 1 rings (SSSR count). The quantitative estimate of drug-likeness (QED) is 0.328. The van der Waals surface area contributed by atoms with E-state index in [4.69, 9.17) is 5.73 Å². The number of amides is 2. The third kappa shape index (κ3) is 7.65. The van der Waals surface area contributed by atoms with Gasteiger partial charge in [-0.15, -0.1) is 11.8 Å². The molecule has 1 aromatic carbocycles. The van der Waals surface area contributed by atoms with Crippen LogP contribution in [0.15, 0.2) is 23.1 Å². The van der Waals surface area contributed by atoms with Gasteiger partial charge in [-0.05, 0) is 30.4 Å². The second-order valence-electron chi connectivity index (χ2n) is 7.15. The molecule has 0 saturated heterocycles. The van der Waals surface area contributed by atoms with E-state index in [-0.39, 0.29) is 33.7 Å². The van der Waals surface area contributed by atoms with Crippen LogP contribution in [-0.4, -0.2) is 39.6 Å². The molecule has 0 aliphatic carbocycles. The fourth-order valence-electron chi connectivity index (χ4n) is 2.15. The number of carbonyl (C=O) groups excluding carboxylic acids is 2. The summed E-state index contributed by atoms with van der Waals surface area (Å²) in [6, 6.07) is 2.69. The van der Waals surface area contributed by atoms with Crippen LogP contribution in [0.1, 0.15) is 44.0 Å². The van der Waals surface area contributed by atoms with Crippen LogP contribution >= 0.6 is 11.8 Å². The standard InChI is InChI=1S/C17H23N3O6S/c1-17(2,3)7-6-11(16(23)24)19-14(21)9-27-13-5-4-10(15(18)22)8-12(13)20(25)26/h4-5,8,11H,6-7,9H2,1-3H3,(H2,18,22)(H,19,21)(H,23,24). The van der Waals surface area contributed by atoms with Gasteiger partial charge >= 0.3 is 5.97 Å². The van der Waals surface area contributed by atoms with E-state index in [9.17, 15) is 29.6 Å². The molecule has 4 N–H and O–H groups in total. The number of nitrogens with one attached hydrogen (secondary N) is 1. The summed E-state index contributed by atoms with van der Waals surface area (Å²) in [7, 11) is 0. The maximum Gasteiger partial charge on any atom is 0.326 e. The summed E-state index contributed by atoms with van der Waals surface area (Å²) < 4.78 is 0. The van der Waals surface area contributed by atoms with Crippen molar-refractivity contribution in [1.82, 2.24) is 5.32 Å². The summed E-state index contributed by atoms with van der Waals surface area (Å²) in [5, 5.41) is 22.8. The van der Waals surface area contributed by atoms with Gasteiger partial charge in [-0.1, -0.05) is 20.8 Å². The molecule has 0 aliphatic rings. The first kappa shape index (κ1) is 22.4. The Balaban J connectivity index is 2.76. The number of aliphatic carboxylic acids is 1. The van der Waals surface area contributed by atoms with Crippen LogP contribution < -0.4 is 11.1 Å². The lowest BCUT2D eigenvalue weighted by Crippen LogP contribution is -2.42. The molecule has 0 aromatic heterocycles. The van der Waals surface area contributed by atoms with Crippen molar-refractivity contribution in [2.75, 3.05) is 5.75 Å². The zero-order valence-corrected chi connectivity index (χ0v) is 16.2. The Labute approximate surface area is 160 Å². The minimum Gasteiger partial charge on any atom is -0.480 e. The molecule has 0 saturated carbocycles. The number of hydrogen-bond donors (Lipinski definition) is 3. The normalized spacial score (nSPS) is 12.3. The van der Waals surface area contributed by atoms with Crippen LogP contribution in [-0.2, 0) is 9.59 Å². The second-order valence-corrected chi connectivity index (χ2v) is 8.17. The first-order valence-electron chi connectivity index (χ1n) is 8.14. The minimum absolute atomic E-state index is 0.0105. The van der Waals surface area contributed by atoms with Crippen molar-refractivity contribution in [3.8, 4) is 0 Å². The molecule has 148 valence electrons. The maximum atomic E-state index is 12.1. The van der Waals surface area contributed by atoms with Crippen LogP contribution in [0, 0.1) is 15.5 Å². The number of nitrogens with two attached hydrogens (primary N) is 1. The molecule has 0 heterocycles. The van der Waals surface area contributed by atoms with E-state index in [2.05, 4.69) is 5.32 Å². The van der Waals surface area contributed by atoms with Gasteiger partial charge in [0.25, 0.3) is 5.69 Å². The Morgan fingerprint density at radius 2 is 1.96 bits per heavy atom. The molecule has 1 aromatic rings. The van der Waals surface area contributed by atoms with E-state index in [0.29, 0.717) is 6.42 Å². The van der Waals surface area contributed by atoms with Gasteiger partial charge in [0.05, 0.1) is 15.6 Å². The van der Waals surface area contributed by atoms with Gasteiger partial charge < -0.3 is 16.2 Å². The molecule has 1 atom stereocenters. The number of carbonyl (C=O) groups is 3. The van der Waals surface area contributed by atoms with Crippen LogP contribution in [0.5, 0.6) is 0 Å². The van der Waals surface area contributed by atoms with E-state index in [1.165, 1.54) is 12.1 Å². The van der Waals surface area contributed by atoms with E-state index in [0.717, 1.165) is 17.8 Å². The molecular weight excluding hydrogens is 374 g/mol. The fraction of sp³-hybridized carbons (Fsp3) is 0.471. The Morgan fingerprint density at radius 3 is 2.44 bits per heavy atom. The number of benzene rings is 1. The molecule has 10 heteroatoms. The largest absolute Gasteiger partial charge is 0.480 e. The van der Waals surface area contributed by atoms with Crippen LogP contribution in [0.3, 0.4) is 0 Å². The third-order valence-electron chi connectivity index (χ3n) is 3.62. The molecular formula is C17H23N3O6S. The lowest BCUT2D eigenvalue weighted by atomic mass is 9.88. The number of primary amides is 1. The fourth-order valence-corrected chi connectivity index (χ4v) is 2.96. The maximum absolute atomic E-state index is 12.1. The Bertz CT molecular complexity index is 745. The van der Waals surface area contributed by atoms with Gasteiger partial charge in [-0.3, -0.25) is 19.7 Å². The van der Waals surface area contributed by atoms with Crippen molar-refractivity contribution >= 4 is 35.2 Å². The number of rotatable bonds is 9. The lowest BCUT2D eigenvalue weighted by molar-refractivity contribution is -0.387. The number of nitro groups is 1. The first-order chi connectivity index (χ1) is 12.4. The van der Waals surface area contributed by atoms with Gasteiger partial charge in [0, 0.05) is 11.6 Å². The molecule has 2 amide bonds. The molecule has 9 nitrogen and oxygen atoms in total. The summed E-state index contributed by atoms with van der Waals surface area (Å²) in [5.41, 5.74) is 4.68. The zero-order chi connectivity index (χ0) is 20.8. The molecule has 27 heavy (non-hydrogen) atoms. The van der Waals surface area contributed by atoms with Crippen LogP contribution in [0.2, 0.25) is 0 Å². The number of nitro benzene ring substituents is 1. The predicted octanol–water partition coefficient (Wildman–Crippen LogP) is 2.18. The molecule has 1 unspecified atom stereocenters. The smallest absolute Gasteiger partial charge is 0.326 e. The molecule has 0 fully saturated rings. The number of nitrogens with zero attached hydrogens (tertiary/aromatic N) is 1. The Kier molecular flexibility index (Phi) is 7.77. The first-order valence-corrected chi connectivity index (χ1v) is 9.12. The van der Waals surface area contributed by atoms with Crippen molar-refractivity contribution in [2.24, 2.45) is 11.1 Å². The monoisotopic (exact) mass is 397 g/mol. The zero-order valence-electron chi connectivity index (χ0n) is 15.4. The summed E-state index contributed by atoms with van der Waals surface area (Å²) in [6.07, 6.45) is 0.889. The highest BCUT2D eigenvalue weighted by molar-refractivity contribution is 8.00. The Morgan fingerprint density at radius 1 is 1.33 bits per heavy atom. The van der Waals surface area contributed by atoms with Gasteiger partial charge in [0.15, 0.2) is 0 Å². The van der Waals surface area contributed by atoms with Crippen LogP contribution in [0.25, 0.3) is 0 Å². The second kappa shape index (κ2) is 9.36. The van der Waals surface area contributed by atoms with Crippen LogP contribution in [0.4, 0.5) is 5.69 Å². The topological polar surface area (TPSA) is 153 Å². The molecule has 0 bridgehead atoms. The number of carboxylic acids is 1. The predicted molar refractivity (Wildman–Crippen MR) is 101 cm³/mol. The molecule has 0 radical (unpaired) electrons. The summed E-state index contributed by atoms with van der Waals surface area (Å²) in [6.45, 7) is 5.91. The van der Waals surface area contributed by atoms with E-state index < -0.39 is 28.7 Å². The van der Waals surface area contributed by atoms with Crippen molar-refractivity contribution in [3.63, 3.8) is 0 Å². The van der Waals surface area contributed by atoms with E-state index in [1.807, 2.05) is 20.8 Å². The SMILES string of the molecule is CC(C)(C)CCC(NC(=O)CSc1ccc(C(N)=O)cc1[N+](=O)[O-])C(=O)O. The average Bonchev–Trinajstić information content (AvgIpc) is 2.55. The van der Waals surface area contributed by atoms with Gasteiger partial charge in [-0.25, -0.2) is 4.79 Å². The molecule has 0 spiro atoms. The van der Waals surface area contributed by atoms with Gasteiger partial charge in [0.1, 0.15) is 6.04 Å². The number of thioether (sulfide) groups is 1. The summed E-state index contributed by atoms with van der Waals surface area (Å²) in [4.78, 5) is 45.2. The number of hydrogen-bond acceptors (Lipinski definition) is 6. The highest BCUT2D eigenvalue weighted by atomic mass is 32.2. The van der Waals surface area contributed by atoms with E-state index >= 15 is 0 Å². The van der Waals surface area contributed by atoms with Crippen molar-refractivity contribution < 1.29 is 24.4 Å². The van der Waals surface area contributed by atoms with Crippen molar-refractivity contribution in [2.45, 2.75) is 44.6 Å². The molecule has 0 aliphatic heterocycles. The Hall–Kier alpha value is -2.62. The van der Waals surface area contributed by atoms with Gasteiger partial charge in [0.2, 0.25) is 11.8 Å². The van der Waals surface area contributed by atoms with Crippen molar-refractivity contribution in [3.05, 3.63) is 33.9 Å². The summed E-state index contributed by atoms with van der Waals surface area (Å²) >= 11 is 0.882. The average molecular weight is 397 g/mol.